The van der Waals surface area contributed by atoms with Crippen LogP contribution in [0.4, 0.5) is 10.1 Å². The van der Waals surface area contributed by atoms with Crippen LogP contribution in [0.2, 0.25) is 5.02 Å². The zero-order valence-corrected chi connectivity index (χ0v) is 14.0. The molecule has 0 atom stereocenters. The van der Waals surface area contributed by atoms with Crippen LogP contribution in [0.1, 0.15) is 0 Å². The lowest BCUT2D eigenvalue weighted by Gasteiger charge is -2.06. The summed E-state index contributed by atoms with van der Waals surface area (Å²) in [5, 5.41) is 11.7. The van der Waals surface area contributed by atoms with Crippen molar-refractivity contribution in [2.45, 2.75) is 4.90 Å². The fraction of sp³-hybridized carbons (Fsp3) is 0.0625. The summed E-state index contributed by atoms with van der Waals surface area (Å²) in [6, 6.07) is 11.1. The Kier molecular flexibility index (Phi) is 5.44. The summed E-state index contributed by atoms with van der Waals surface area (Å²) >= 11 is 5.65. The molecule has 2 rings (SSSR count). The molecule has 0 aliphatic carbocycles. The van der Waals surface area contributed by atoms with Crippen molar-refractivity contribution in [3.63, 3.8) is 0 Å². The van der Waals surface area contributed by atoms with Gasteiger partial charge in [0.25, 0.3) is 0 Å². The Labute approximate surface area is 143 Å². The number of ether oxygens (including phenoxy) is 1. The SMILES string of the molecule is COc1ccc(S(=O)(=O)/C(C#N)=C/Nc2ccc(F)c(Cl)c2)cc1. The van der Waals surface area contributed by atoms with Crippen molar-refractivity contribution >= 4 is 27.1 Å². The van der Waals surface area contributed by atoms with Crippen molar-refractivity contribution in [1.82, 2.24) is 0 Å². The molecular weight excluding hydrogens is 355 g/mol. The summed E-state index contributed by atoms with van der Waals surface area (Å²) < 4.78 is 43.0. The number of allylic oxidation sites excluding steroid dienone is 1. The van der Waals surface area contributed by atoms with E-state index in [2.05, 4.69) is 5.32 Å². The molecule has 0 spiro atoms. The molecule has 24 heavy (non-hydrogen) atoms. The van der Waals surface area contributed by atoms with Crippen molar-refractivity contribution in [2.24, 2.45) is 0 Å². The Morgan fingerprint density at radius 3 is 2.50 bits per heavy atom. The Bertz CT molecular complexity index is 919. The first-order chi connectivity index (χ1) is 11.4. The normalized spacial score (nSPS) is 11.7. The maximum Gasteiger partial charge on any atom is 0.218 e. The van der Waals surface area contributed by atoms with E-state index < -0.39 is 20.6 Å². The van der Waals surface area contributed by atoms with E-state index in [0.29, 0.717) is 11.4 Å². The van der Waals surface area contributed by atoms with E-state index in [1.807, 2.05) is 0 Å². The fourth-order valence-corrected chi connectivity index (χ4v) is 3.05. The smallest absolute Gasteiger partial charge is 0.218 e. The van der Waals surface area contributed by atoms with E-state index in [9.17, 15) is 12.8 Å². The molecule has 0 aliphatic rings. The Hall–Kier alpha value is -2.56. The molecule has 0 saturated carbocycles. The summed E-state index contributed by atoms with van der Waals surface area (Å²) in [6.45, 7) is 0. The minimum Gasteiger partial charge on any atom is -0.497 e. The van der Waals surface area contributed by atoms with Crippen LogP contribution in [0, 0.1) is 17.1 Å². The first-order valence-electron chi connectivity index (χ1n) is 6.59. The second-order valence-electron chi connectivity index (χ2n) is 4.57. The van der Waals surface area contributed by atoms with Gasteiger partial charge in [-0.1, -0.05) is 11.6 Å². The molecule has 0 heterocycles. The molecule has 0 radical (unpaired) electrons. The lowest BCUT2D eigenvalue weighted by atomic mass is 10.3. The molecule has 8 heteroatoms. The largest absolute Gasteiger partial charge is 0.497 e. The van der Waals surface area contributed by atoms with Gasteiger partial charge in [0.05, 0.1) is 17.0 Å². The van der Waals surface area contributed by atoms with Crippen LogP contribution in [-0.4, -0.2) is 15.5 Å². The van der Waals surface area contributed by atoms with Crippen LogP contribution in [0.15, 0.2) is 58.5 Å². The van der Waals surface area contributed by atoms with Crippen molar-refractivity contribution in [1.29, 1.82) is 5.26 Å². The number of anilines is 1. The van der Waals surface area contributed by atoms with Crippen LogP contribution >= 0.6 is 11.6 Å². The Morgan fingerprint density at radius 1 is 1.29 bits per heavy atom. The molecule has 2 aromatic rings. The van der Waals surface area contributed by atoms with E-state index in [0.717, 1.165) is 12.3 Å². The van der Waals surface area contributed by atoms with Gasteiger partial charge in [0, 0.05) is 11.9 Å². The van der Waals surface area contributed by atoms with Gasteiger partial charge in [0.1, 0.15) is 17.6 Å². The minimum absolute atomic E-state index is 0.0463. The standard InChI is InChI=1S/C16H12ClFN2O3S/c1-23-12-3-5-13(6-4-12)24(21,22)14(9-19)10-20-11-2-7-16(18)15(17)8-11/h2-8,10,20H,1H3/b14-10+. The maximum absolute atomic E-state index is 13.1. The summed E-state index contributed by atoms with van der Waals surface area (Å²) in [5.74, 6) is -0.104. The molecule has 2 aromatic carbocycles. The number of nitrogens with one attached hydrogen (secondary N) is 1. The quantitative estimate of drug-likeness (QED) is 0.815. The number of rotatable bonds is 5. The average Bonchev–Trinajstić information content (AvgIpc) is 2.58. The first kappa shape index (κ1) is 17.8. The third kappa shape index (κ3) is 3.85. The number of methoxy groups -OCH3 is 1. The number of hydrogen-bond donors (Lipinski definition) is 1. The predicted molar refractivity (Wildman–Crippen MR) is 88.9 cm³/mol. The van der Waals surface area contributed by atoms with Crippen LogP contribution in [0.5, 0.6) is 5.75 Å². The fourth-order valence-electron chi connectivity index (χ4n) is 1.79. The number of nitrogens with zero attached hydrogens (tertiary/aromatic N) is 1. The van der Waals surface area contributed by atoms with Gasteiger partial charge in [-0.2, -0.15) is 5.26 Å². The zero-order valence-electron chi connectivity index (χ0n) is 12.5. The van der Waals surface area contributed by atoms with Crippen LogP contribution in [0.3, 0.4) is 0 Å². The molecule has 0 saturated heterocycles. The highest BCUT2D eigenvalue weighted by Gasteiger charge is 2.20. The third-order valence-electron chi connectivity index (χ3n) is 3.06. The number of hydrogen-bond acceptors (Lipinski definition) is 5. The number of sulfone groups is 1. The van der Waals surface area contributed by atoms with Crippen molar-refractivity contribution in [2.75, 3.05) is 12.4 Å². The molecule has 1 N–H and O–H groups in total. The van der Waals surface area contributed by atoms with E-state index >= 15 is 0 Å². The molecule has 0 fully saturated rings. The highest BCUT2D eigenvalue weighted by Crippen LogP contribution is 2.23. The van der Waals surface area contributed by atoms with E-state index in [-0.39, 0.29) is 9.92 Å². The average molecular weight is 367 g/mol. The summed E-state index contributed by atoms with van der Waals surface area (Å²) in [4.78, 5) is -0.539. The molecule has 0 aromatic heterocycles. The van der Waals surface area contributed by atoms with Gasteiger partial charge in [-0.15, -0.1) is 0 Å². The first-order valence-corrected chi connectivity index (χ1v) is 8.45. The molecular formula is C16H12ClFN2O3S. The van der Waals surface area contributed by atoms with Crippen LogP contribution in [-0.2, 0) is 9.84 Å². The van der Waals surface area contributed by atoms with Gasteiger partial charge in [-0.3, -0.25) is 0 Å². The van der Waals surface area contributed by atoms with Crippen LogP contribution < -0.4 is 10.1 Å². The number of nitriles is 1. The number of halogens is 2. The summed E-state index contributed by atoms with van der Waals surface area (Å²) in [7, 11) is -2.53. The molecule has 0 amide bonds. The van der Waals surface area contributed by atoms with Crippen molar-refractivity contribution < 1.29 is 17.5 Å². The third-order valence-corrected chi connectivity index (χ3v) is 5.03. The highest BCUT2D eigenvalue weighted by atomic mass is 35.5. The lowest BCUT2D eigenvalue weighted by molar-refractivity contribution is 0.414. The molecule has 124 valence electrons. The van der Waals surface area contributed by atoms with Crippen molar-refractivity contribution in [3.05, 3.63) is 64.4 Å². The van der Waals surface area contributed by atoms with E-state index in [1.54, 1.807) is 6.07 Å². The van der Waals surface area contributed by atoms with Gasteiger partial charge in [-0.05, 0) is 42.5 Å². The molecule has 0 aliphatic heterocycles. The lowest BCUT2D eigenvalue weighted by Crippen LogP contribution is -2.05. The summed E-state index contributed by atoms with van der Waals surface area (Å²) in [6.07, 6.45) is 1.03. The topological polar surface area (TPSA) is 79.2 Å². The predicted octanol–water partition coefficient (Wildman–Crippen LogP) is 3.74. The highest BCUT2D eigenvalue weighted by molar-refractivity contribution is 7.95. The number of benzene rings is 2. The van der Waals surface area contributed by atoms with Gasteiger partial charge < -0.3 is 10.1 Å². The molecule has 0 unspecified atom stereocenters. The van der Waals surface area contributed by atoms with Gasteiger partial charge >= 0.3 is 0 Å². The zero-order chi connectivity index (χ0) is 17.7. The second-order valence-corrected chi connectivity index (χ2v) is 6.90. The second kappa shape index (κ2) is 7.34. The van der Waals surface area contributed by atoms with Gasteiger partial charge in [0.2, 0.25) is 9.84 Å². The van der Waals surface area contributed by atoms with Gasteiger partial charge in [-0.25, -0.2) is 12.8 Å². The van der Waals surface area contributed by atoms with Gasteiger partial charge in [0.15, 0.2) is 4.91 Å². The van der Waals surface area contributed by atoms with E-state index in [1.165, 1.54) is 43.5 Å². The molecule has 0 bridgehead atoms. The Balaban J connectivity index is 2.31. The van der Waals surface area contributed by atoms with Crippen LogP contribution in [0.25, 0.3) is 0 Å². The minimum atomic E-state index is -3.99. The monoisotopic (exact) mass is 366 g/mol. The van der Waals surface area contributed by atoms with Crippen molar-refractivity contribution in [3.8, 4) is 11.8 Å². The molecule has 5 nitrogen and oxygen atoms in total. The maximum atomic E-state index is 13.1. The summed E-state index contributed by atoms with van der Waals surface area (Å²) in [5.41, 5.74) is 0.346. The van der Waals surface area contributed by atoms with E-state index in [4.69, 9.17) is 21.6 Å². The Morgan fingerprint density at radius 2 is 1.96 bits per heavy atom.